The molecule has 0 bridgehead atoms. The normalized spacial score (nSPS) is 12.7. The molecule has 16 heavy (non-hydrogen) atoms. The molecule has 0 aliphatic rings. The van der Waals surface area contributed by atoms with E-state index in [2.05, 4.69) is 14.1 Å². The number of nitrogens with zero attached hydrogens (tertiary/aromatic N) is 2. The number of carbonyl (C=O) groups excluding carboxylic acids is 1. The van der Waals surface area contributed by atoms with Crippen molar-refractivity contribution in [2.75, 3.05) is 34.0 Å². The topological polar surface area (TPSA) is 68.2 Å². The summed E-state index contributed by atoms with van der Waals surface area (Å²) in [6.45, 7) is 4.18. The van der Waals surface area contributed by atoms with Gasteiger partial charge in [-0.25, -0.2) is 0 Å². The smallest absolute Gasteiger partial charge is 0.312 e. The van der Waals surface area contributed by atoms with Crippen molar-refractivity contribution >= 4 is 19.1 Å². The summed E-state index contributed by atoms with van der Waals surface area (Å²) in [6, 6.07) is 0. The molecular formula is C9H19N2O4P. The van der Waals surface area contributed by atoms with Crippen LogP contribution in [-0.4, -0.2) is 50.5 Å². The van der Waals surface area contributed by atoms with Crippen molar-refractivity contribution in [2.24, 2.45) is 5.10 Å². The van der Waals surface area contributed by atoms with Crippen molar-refractivity contribution in [3.05, 3.63) is 0 Å². The Balaban J connectivity index is 4.59. The number of hydrogen-bond acceptors (Lipinski definition) is 6. The molecule has 0 N–H and O–H groups in total. The molecule has 0 rings (SSSR count). The molecule has 0 radical (unpaired) electrons. The van der Waals surface area contributed by atoms with Crippen LogP contribution in [0, 0.1) is 0 Å². The second-order valence-corrected chi connectivity index (χ2v) is 5.48. The Kier molecular flexibility index (Phi) is 6.48. The van der Waals surface area contributed by atoms with Gasteiger partial charge in [-0.15, -0.1) is 0 Å². The summed E-state index contributed by atoms with van der Waals surface area (Å²) < 4.78 is 21.1. The highest BCUT2D eigenvalue weighted by molar-refractivity contribution is 7.55. The van der Waals surface area contributed by atoms with Crippen LogP contribution in [0.1, 0.15) is 13.8 Å². The summed E-state index contributed by atoms with van der Waals surface area (Å²) in [5.74, 6) is -0.340. The zero-order valence-corrected chi connectivity index (χ0v) is 11.3. The molecule has 0 aromatic carbocycles. The molecule has 0 saturated heterocycles. The zero-order chi connectivity index (χ0) is 12.8. The van der Waals surface area contributed by atoms with E-state index in [9.17, 15) is 9.36 Å². The van der Waals surface area contributed by atoms with Crippen LogP contribution in [0.5, 0.6) is 0 Å². The molecule has 0 amide bonds. The first-order valence-electron chi connectivity index (χ1n) is 4.88. The van der Waals surface area contributed by atoms with Crippen LogP contribution in [0.2, 0.25) is 0 Å². The fourth-order valence-corrected chi connectivity index (χ4v) is 1.86. The Morgan fingerprint density at radius 1 is 1.38 bits per heavy atom. The first-order valence-corrected chi connectivity index (χ1v) is 6.61. The van der Waals surface area contributed by atoms with Gasteiger partial charge in [0.2, 0.25) is 0 Å². The molecule has 0 heterocycles. The van der Waals surface area contributed by atoms with Crippen LogP contribution in [0.25, 0.3) is 0 Å². The lowest BCUT2D eigenvalue weighted by molar-refractivity contribution is -0.111. The Morgan fingerprint density at radius 2 is 1.88 bits per heavy atom. The van der Waals surface area contributed by atoms with Gasteiger partial charge in [0.15, 0.2) is 5.78 Å². The molecule has 0 aliphatic carbocycles. The third-order valence-corrected chi connectivity index (χ3v) is 3.86. The van der Waals surface area contributed by atoms with Crippen molar-refractivity contribution in [1.82, 2.24) is 5.01 Å². The summed E-state index contributed by atoms with van der Waals surface area (Å²) >= 11 is 0. The summed E-state index contributed by atoms with van der Waals surface area (Å²) in [6.07, 6.45) is -0.285. The molecule has 0 unspecified atom stereocenters. The average molecular weight is 250 g/mol. The minimum Gasteiger partial charge on any atom is -0.312 e. The van der Waals surface area contributed by atoms with E-state index in [-0.39, 0.29) is 11.9 Å². The molecule has 0 saturated carbocycles. The lowest BCUT2D eigenvalue weighted by Crippen LogP contribution is -2.21. The van der Waals surface area contributed by atoms with Crippen LogP contribution in [-0.2, 0) is 18.4 Å². The highest BCUT2D eigenvalue weighted by Crippen LogP contribution is 2.45. The second-order valence-electron chi connectivity index (χ2n) is 3.22. The van der Waals surface area contributed by atoms with E-state index in [4.69, 9.17) is 0 Å². The predicted octanol–water partition coefficient (Wildman–Crippen LogP) is 1.37. The van der Waals surface area contributed by atoms with Gasteiger partial charge >= 0.3 is 7.60 Å². The molecule has 6 nitrogen and oxygen atoms in total. The largest absolute Gasteiger partial charge is 0.337 e. The van der Waals surface area contributed by atoms with E-state index < -0.39 is 7.60 Å². The van der Waals surface area contributed by atoms with Crippen LogP contribution >= 0.6 is 7.60 Å². The van der Waals surface area contributed by atoms with Crippen molar-refractivity contribution in [1.29, 1.82) is 0 Å². The van der Waals surface area contributed by atoms with Gasteiger partial charge in [-0.05, 0) is 13.8 Å². The fraction of sp³-hybridized carbons (Fsp3) is 0.778. The number of carbonyl (C=O) groups is 1. The Morgan fingerprint density at radius 3 is 2.25 bits per heavy atom. The monoisotopic (exact) mass is 250 g/mol. The zero-order valence-electron chi connectivity index (χ0n) is 10.4. The van der Waals surface area contributed by atoms with Crippen molar-refractivity contribution in [3.63, 3.8) is 0 Å². The summed E-state index contributed by atoms with van der Waals surface area (Å²) in [5.41, 5.74) is 0.290. The number of rotatable bonds is 7. The van der Waals surface area contributed by atoms with Crippen molar-refractivity contribution in [3.8, 4) is 0 Å². The Bertz CT molecular complexity index is 309. The third-order valence-electron chi connectivity index (χ3n) is 2.08. The van der Waals surface area contributed by atoms with Gasteiger partial charge in [0, 0.05) is 27.8 Å². The average Bonchev–Trinajstić information content (AvgIpc) is 2.28. The second kappa shape index (κ2) is 6.78. The number of hydrogen-bond donors (Lipinski definition) is 0. The molecule has 0 spiro atoms. The summed E-state index contributed by atoms with van der Waals surface area (Å²) in [4.78, 5) is 11.6. The highest BCUT2D eigenvalue weighted by Gasteiger charge is 2.26. The maximum Gasteiger partial charge on any atom is 0.337 e. The number of Topliss-reactive ketones (excluding diaryl/α,β-unsaturated/α-hetero) is 1. The van der Waals surface area contributed by atoms with E-state index in [1.165, 1.54) is 14.2 Å². The molecular weight excluding hydrogens is 231 g/mol. The van der Waals surface area contributed by atoms with Crippen molar-refractivity contribution in [2.45, 2.75) is 13.8 Å². The predicted molar refractivity (Wildman–Crippen MR) is 62.9 cm³/mol. The van der Waals surface area contributed by atoms with Crippen LogP contribution in [0.3, 0.4) is 0 Å². The molecule has 0 aliphatic heterocycles. The van der Waals surface area contributed by atoms with Gasteiger partial charge in [-0.2, -0.15) is 5.10 Å². The number of ketones is 1. The maximum absolute atomic E-state index is 11.7. The van der Waals surface area contributed by atoms with E-state index >= 15 is 0 Å². The number of hydrazone groups is 1. The Labute approximate surface area is 96.1 Å². The van der Waals surface area contributed by atoms with Gasteiger partial charge in [-0.1, -0.05) is 0 Å². The first kappa shape index (κ1) is 15.3. The van der Waals surface area contributed by atoms with Gasteiger partial charge in [-0.3, -0.25) is 9.36 Å². The molecule has 0 aromatic heterocycles. The van der Waals surface area contributed by atoms with Gasteiger partial charge in [0.25, 0.3) is 0 Å². The minimum atomic E-state index is -3.29. The Hall–Kier alpha value is -0.710. The maximum atomic E-state index is 11.7. The SMILES string of the molecule is CCN(C)/N=C(\C)C(=O)CP(=O)(OC)OC. The minimum absolute atomic E-state index is 0.285. The fourth-order valence-electron chi connectivity index (χ4n) is 0.876. The molecule has 0 atom stereocenters. The lowest BCUT2D eigenvalue weighted by Gasteiger charge is -2.14. The first-order chi connectivity index (χ1) is 7.38. The summed E-state index contributed by atoms with van der Waals surface area (Å²) in [5, 5.41) is 5.64. The molecule has 0 aromatic rings. The van der Waals surface area contributed by atoms with Gasteiger partial charge < -0.3 is 14.1 Å². The van der Waals surface area contributed by atoms with Crippen molar-refractivity contribution < 1.29 is 18.4 Å². The van der Waals surface area contributed by atoms with Crippen LogP contribution in [0.4, 0.5) is 0 Å². The van der Waals surface area contributed by atoms with E-state index in [0.29, 0.717) is 12.3 Å². The van der Waals surface area contributed by atoms with E-state index in [1.54, 1.807) is 19.0 Å². The standard InChI is InChI=1S/C9H19N2O4P/c1-6-11(3)10-8(2)9(12)7-16(13,14-4)15-5/h6-7H2,1-5H3/b10-8+. The highest BCUT2D eigenvalue weighted by atomic mass is 31.2. The van der Waals surface area contributed by atoms with Gasteiger partial charge in [0.05, 0.1) is 0 Å². The van der Waals surface area contributed by atoms with Gasteiger partial charge in [0.1, 0.15) is 11.9 Å². The van der Waals surface area contributed by atoms with Crippen LogP contribution in [0.15, 0.2) is 5.10 Å². The third kappa shape index (κ3) is 4.88. The summed E-state index contributed by atoms with van der Waals surface area (Å²) in [7, 11) is 0.965. The van der Waals surface area contributed by atoms with E-state index in [1.807, 2.05) is 6.92 Å². The molecule has 94 valence electrons. The van der Waals surface area contributed by atoms with E-state index in [0.717, 1.165) is 0 Å². The lowest BCUT2D eigenvalue weighted by atomic mass is 10.3. The molecule has 7 heteroatoms. The molecule has 0 fully saturated rings. The quantitative estimate of drug-likeness (QED) is 0.388. The van der Waals surface area contributed by atoms with Crippen LogP contribution < -0.4 is 0 Å².